The molecule has 2 rings (SSSR count). The van der Waals surface area contributed by atoms with Crippen LogP contribution in [0.4, 0.5) is 5.69 Å². The molecule has 1 aromatic heterocycles. The number of nitro groups is 1. The van der Waals surface area contributed by atoms with Crippen molar-refractivity contribution in [1.82, 2.24) is 0 Å². The van der Waals surface area contributed by atoms with Gasteiger partial charge in [0.05, 0.1) is 16.2 Å². The van der Waals surface area contributed by atoms with Gasteiger partial charge >= 0.3 is 0 Å². The minimum atomic E-state index is -0.441. The maximum Gasteiger partial charge on any atom is 0.272 e. The second kappa shape index (κ2) is 5.55. The Bertz CT molecular complexity index is 727. The van der Waals surface area contributed by atoms with Crippen molar-refractivity contribution in [3.05, 3.63) is 61.8 Å². The Balaban J connectivity index is 2.53. The number of rotatable bonds is 3. The maximum atomic E-state index is 10.8. The van der Waals surface area contributed by atoms with E-state index in [1.165, 1.54) is 17.4 Å². The van der Waals surface area contributed by atoms with Gasteiger partial charge in [-0.3, -0.25) is 10.1 Å². The van der Waals surface area contributed by atoms with Crippen molar-refractivity contribution in [2.24, 2.45) is 5.73 Å². The van der Waals surface area contributed by atoms with Crippen LogP contribution in [0.25, 0.3) is 11.3 Å². The zero-order valence-electron chi connectivity index (χ0n) is 10.7. The van der Waals surface area contributed by atoms with E-state index in [-0.39, 0.29) is 5.69 Å². The second-order valence-corrected chi connectivity index (χ2v) is 5.08. The van der Waals surface area contributed by atoms with Crippen molar-refractivity contribution in [2.45, 2.75) is 6.92 Å². The van der Waals surface area contributed by atoms with Crippen LogP contribution in [0.5, 0.6) is 0 Å². The van der Waals surface area contributed by atoms with Gasteiger partial charge in [0, 0.05) is 16.5 Å². The highest BCUT2D eigenvalue weighted by molar-refractivity contribution is 7.11. The minimum Gasteiger partial charge on any atom is -0.397 e. The van der Waals surface area contributed by atoms with Gasteiger partial charge < -0.3 is 5.73 Å². The number of nitro benzene ring substituents is 1. The molecule has 1 aromatic carbocycles. The summed E-state index contributed by atoms with van der Waals surface area (Å²) in [5.41, 5.74) is 7.90. The van der Waals surface area contributed by atoms with Gasteiger partial charge in [0.25, 0.3) is 5.69 Å². The van der Waals surface area contributed by atoms with E-state index < -0.39 is 4.92 Å². The van der Waals surface area contributed by atoms with E-state index in [0.717, 1.165) is 4.88 Å². The molecule has 5 nitrogen and oxygen atoms in total. The van der Waals surface area contributed by atoms with Gasteiger partial charge in [0.15, 0.2) is 0 Å². The average molecular weight is 285 g/mol. The summed E-state index contributed by atoms with van der Waals surface area (Å²) in [6.45, 7) is 1.64. The highest BCUT2D eigenvalue weighted by atomic mass is 32.1. The quantitative estimate of drug-likeness (QED) is 0.532. The van der Waals surface area contributed by atoms with Crippen molar-refractivity contribution in [3.63, 3.8) is 0 Å². The van der Waals surface area contributed by atoms with E-state index in [4.69, 9.17) is 5.73 Å². The molecule has 2 N–H and O–H groups in total. The molecule has 0 amide bonds. The third-order valence-electron chi connectivity index (χ3n) is 2.85. The van der Waals surface area contributed by atoms with Crippen molar-refractivity contribution in [1.29, 1.82) is 5.26 Å². The van der Waals surface area contributed by atoms with Crippen molar-refractivity contribution in [2.75, 3.05) is 0 Å². The zero-order valence-corrected chi connectivity index (χ0v) is 11.5. The molecule has 0 fully saturated rings. The Kier molecular flexibility index (Phi) is 3.82. The molecule has 0 radical (unpaired) electrons. The van der Waals surface area contributed by atoms with Crippen LogP contribution in [0.1, 0.15) is 16.0 Å². The molecule has 100 valence electrons. The van der Waals surface area contributed by atoms with Crippen LogP contribution in [0.2, 0.25) is 0 Å². The molecule has 0 bridgehead atoms. The molecule has 0 saturated heterocycles. The van der Waals surface area contributed by atoms with Crippen LogP contribution in [0.3, 0.4) is 0 Å². The molecule has 0 aliphatic rings. The fourth-order valence-corrected chi connectivity index (χ4v) is 2.58. The molecule has 0 saturated carbocycles. The number of nitrogens with two attached hydrogens (primary N) is 1. The summed E-state index contributed by atoms with van der Waals surface area (Å²) >= 11 is 1.42. The molecular weight excluding hydrogens is 274 g/mol. The first-order valence-corrected chi connectivity index (χ1v) is 6.61. The van der Waals surface area contributed by atoms with E-state index >= 15 is 0 Å². The van der Waals surface area contributed by atoms with Gasteiger partial charge in [0.2, 0.25) is 0 Å². The summed E-state index contributed by atoms with van der Waals surface area (Å²) in [5.74, 6) is 0. The Morgan fingerprint density at radius 2 is 2.20 bits per heavy atom. The lowest BCUT2D eigenvalue weighted by molar-refractivity contribution is -0.385. The largest absolute Gasteiger partial charge is 0.397 e. The highest BCUT2D eigenvalue weighted by Crippen LogP contribution is 2.28. The number of benzene rings is 1. The van der Waals surface area contributed by atoms with E-state index in [9.17, 15) is 15.4 Å². The van der Waals surface area contributed by atoms with Gasteiger partial charge in [-0.2, -0.15) is 5.26 Å². The van der Waals surface area contributed by atoms with Gasteiger partial charge in [-0.25, -0.2) is 0 Å². The Hall–Kier alpha value is -2.65. The number of allylic oxidation sites excluding steroid dienone is 1. The fraction of sp³-hybridized carbons (Fsp3) is 0.0714. The molecular formula is C14H11N3O2S. The van der Waals surface area contributed by atoms with E-state index in [0.29, 0.717) is 22.4 Å². The van der Waals surface area contributed by atoms with Crippen LogP contribution >= 0.6 is 11.3 Å². The third kappa shape index (κ3) is 2.53. The summed E-state index contributed by atoms with van der Waals surface area (Å²) in [6.07, 6.45) is 0. The first-order valence-electron chi connectivity index (χ1n) is 5.73. The number of nitrogens with zero attached hydrogens (tertiary/aromatic N) is 2. The molecule has 0 aliphatic heterocycles. The molecule has 2 aromatic rings. The molecule has 1 heterocycles. The smallest absolute Gasteiger partial charge is 0.272 e. The first kappa shape index (κ1) is 13.8. The predicted octanol–water partition coefficient (Wildman–Crippen LogP) is 3.32. The lowest BCUT2D eigenvalue weighted by Crippen LogP contribution is -2.01. The Morgan fingerprint density at radius 3 is 2.70 bits per heavy atom. The fourth-order valence-electron chi connectivity index (χ4n) is 1.84. The molecule has 6 heteroatoms. The lowest BCUT2D eigenvalue weighted by Gasteiger charge is -2.06. The molecule has 20 heavy (non-hydrogen) atoms. The van der Waals surface area contributed by atoms with Crippen molar-refractivity contribution >= 4 is 28.3 Å². The number of aryl methyl sites for hydroxylation is 1. The van der Waals surface area contributed by atoms with Crippen LogP contribution in [-0.2, 0) is 0 Å². The van der Waals surface area contributed by atoms with Gasteiger partial charge in [-0.15, -0.1) is 11.3 Å². The first-order chi connectivity index (χ1) is 9.54. The highest BCUT2D eigenvalue weighted by Gasteiger charge is 2.14. The third-order valence-corrected chi connectivity index (χ3v) is 3.74. The van der Waals surface area contributed by atoms with E-state index in [1.807, 2.05) is 17.5 Å². The van der Waals surface area contributed by atoms with Crippen LogP contribution in [0, 0.1) is 28.4 Å². The van der Waals surface area contributed by atoms with Crippen LogP contribution in [0.15, 0.2) is 35.7 Å². The average Bonchev–Trinajstić information content (AvgIpc) is 2.92. The standard InChI is InChI=1S/C14H11N3O2S/c1-9-7-10(4-5-12(9)17(18)19)14(16)11(8-15)13-3-2-6-20-13/h2-7H,16H2,1H3/b14-11+. The Labute approximate surface area is 119 Å². The SMILES string of the molecule is Cc1cc(/C(N)=C(/C#N)c2cccs2)ccc1[N+](=O)[O-]. The lowest BCUT2D eigenvalue weighted by atomic mass is 10.0. The molecule has 0 aliphatic carbocycles. The summed E-state index contributed by atoms with van der Waals surface area (Å²) < 4.78 is 0. The second-order valence-electron chi connectivity index (χ2n) is 4.14. The summed E-state index contributed by atoms with van der Waals surface area (Å²) in [6, 6.07) is 10.3. The number of thiophene rings is 1. The summed E-state index contributed by atoms with van der Waals surface area (Å²) in [5, 5.41) is 21.9. The van der Waals surface area contributed by atoms with E-state index in [2.05, 4.69) is 6.07 Å². The summed E-state index contributed by atoms with van der Waals surface area (Å²) in [4.78, 5) is 11.1. The van der Waals surface area contributed by atoms with Crippen LogP contribution in [-0.4, -0.2) is 4.92 Å². The predicted molar refractivity (Wildman–Crippen MR) is 78.8 cm³/mol. The van der Waals surface area contributed by atoms with Crippen molar-refractivity contribution < 1.29 is 4.92 Å². The van der Waals surface area contributed by atoms with Crippen molar-refractivity contribution in [3.8, 4) is 6.07 Å². The zero-order chi connectivity index (χ0) is 14.7. The molecule has 0 spiro atoms. The summed E-state index contributed by atoms with van der Waals surface area (Å²) in [7, 11) is 0. The maximum absolute atomic E-state index is 10.8. The number of hydrogen-bond acceptors (Lipinski definition) is 5. The monoisotopic (exact) mass is 285 g/mol. The van der Waals surface area contributed by atoms with Gasteiger partial charge in [-0.05, 0) is 36.1 Å². The van der Waals surface area contributed by atoms with Gasteiger partial charge in [0.1, 0.15) is 6.07 Å². The number of nitriles is 1. The van der Waals surface area contributed by atoms with Gasteiger partial charge in [-0.1, -0.05) is 6.07 Å². The van der Waals surface area contributed by atoms with Crippen LogP contribution < -0.4 is 5.73 Å². The topological polar surface area (TPSA) is 93.0 Å². The van der Waals surface area contributed by atoms with E-state index in [1.54, 1.807) is 19.1 Å². The molecule has 0 atom stereocenters. The number of hydrogen-bond donors (Lipinski definition) is 1. The molecule has 0 unspecified atom stereocenters. The Morgan fingerprint density at radius 1 is 1.45 bits per heavy atom. The normalized spacial score (nSPS) is 11.6. The minimum absolute atomic E-state index is 0.0381.